The minimum absolute atomic E-state index is 0.0353. The van der Waals surface area contributed by atoms with Gasteiger partial charge in [-0.2, -0.15) is 8.42 Å². The van der Waals surface area contributed by atoms with Crippen LogP contribution in [0.1, 0.15) is 10.4 Å². The molecule has 0 spiro atoms. The van der Waals surface area contributed by atoms with Gasteiger partial charge in [-0.05, 0) is 18.2 Å². The summed E-state index contributed by atoms with van der Waals surface area (Å²) in [6.07, 6.45) is 1.23. The number of rotatable bonds is 4. The first-order valence-corrected chi connectivity index (χ1v) is 7.34. The third-order valence-electron chi connectivity index (χ3n) is 2.57. The number of carboxylic acids is 1. The monoisotopic (exact) mass is 331 g/mol. The lowest BCUT2D eigenvalue weighted by atomic mass is 10.2. The Morgan fingerprint density at radius 1 is 1.43 bits per heavy atom. The molecule has 0 radical (unpaired) electrons. The maximum Gasteiger partial charge on any atom is 0.339 e. The molecule has 3 N–H and O–H groups in total. The van der Waals surface area contributed by atoms with Crippen molar-refractivity contribution >= 4 is 33.3 Å². The van der Waals surface area contributed by atoms with E-state index in [0.29, 0.717) is 0 Å². The Morgan fingerprint density at radius 3 is 2.62 bits per heavy atom. The summed E-state index contributed by atoms with van der Waals surface area (Å²) in [7, 11) is -2.54. The van der Waals surface area contributed by atoms with Gasteiger partial charge in [-0.15, -0.1) is 0 Å². The zero-order chi connectivity index (χ0) is 15.8. The van der Waals surface area contributed by atoms with Gasteiger partial charge in [-0.3, -0.25) is 4.72 Å². The van der Waals surface area contributed by atoms with Crippen molar-refractivity contribution in [3.63, 3.8) is 0 Å². The van der Waals surface area contributed by atoms with E-state index in [9.17, 15) is 18.3 Å². The number of nitrogens with zero attached hydrogens (tertiary/aromatic N) is 2. The van der Waals surface area contributed by atoms with Gasteiger partial charge in [-0.1, -0.05) is 11.6 Å². The number of aromatic nitrogens is 2. The fourth-order valence-corrected chi connectivity index (χ4v) is 3.03. The second kappa shape index (κ2) is 5.26. The summed E-state index contributed by atoms with van der Waals surface area (Å²) in [5.41, 5.74) is -0.464. The number of hydrogen-bond donors (Lipinski definition) is 3. The van der Waals surface area contributed by atoms with Crippen LogP contribution in [0.15, 0.2) is 29.6 Å². The van der Waals surface area contributed by atoms with E-state index in [-0.39, 0.29) is 15.9 Å². The van der Waals surface area contributed by atoms with Crippen molar-refractivity contribution in [3.05, 3.63) is 35.2 Å². The molecular weight excluding hydrogens is 322 g/mol. The highest BCUT2D eigenvalue weighted by molar-refractivity contribution is 7.92. The number of imidazole rings is 1. The minimum atomic E-state index is -4.07. The van der Waals surface area contributed by atoms with Gasteiger partial charge < -0.3 is 14.8 Å². The number of benzene rings is 1. The molecular formula is C11H10ClN3O5S. The average molecular weight is 332 g/mol. The van der Waals surface area contributed by atoms with Crippen LogP contribution in [0.3, 0.4) is 0 Å². The smallest absolute Gasteiger partial charge is 0.339 e. The van der Waals surface area contributed by atoms with Crippen molar-refractivity contribution < 1.29 is 23.4 Å². The summed E-state index contributed by atoms with van der Waals surface area (Å²) in [6, 6.07) is 3.28. The van der Waals surface area contributed by atoms with Gasteiger partial charge in [-0.25, -0.2) is 9.78 Å². The van der Waals surface area contributed by atoms with Crippen molar-refractivity contribution in [1.29, 1.82) is 0 Å². The van der Waals surface area contributed by atoms with E-state index in [2.05, 4.69) is 9.71 Å². The highest BCUT2D eigenvalue weighted by atomic mass is 35.5. The van der Waals surface area contributed by atoms with E-state index in [1.54, 1.807) is 0 Å². The lowest BCUT2D eigenvalue weighted by Crippen LogP contribution is -2.14. The zero-order valence-electron chi connectivity index (χ0n) is 10.6. The molecule has 0 saturated carbocycles. The summed E-state index contributed by atoms with van der Waals surface area (Å²) in [4.78, 5) is 14.6. The molecule has 1 aromatic heterocycles. The molecule has 0 amide bonds. The lowest BCUT2D eigenvalue weighted by molar-refractivity contribution is 0.0694. The molecule has 0 saturated heterocycles. The van der Waals surface area contributed by atoms with Gasteiger partial charge in [0.1, 0.15) is 16.5 Å². The zero-order valence-corrected chi connectivity index (χ0v) is 12.2. The van der Waals surface area contributed by atoms with E-state index in [0.717, 1.165) is 12.1 Å². The number of carboxylic acid groups (broad SMARTS) is 1. The Balaban J connectivity index is 2.40. The maximum absolute atomic E-state index is 12.1. The third-order valence-corrected chi connectivity index (χ3v) is 4.44. The second-order valence-electron chi connectivity index (χ2n) is 4.09. The van der Waals surface area contributed by atoms with Gasteiger partial charge in [0.25, 0.3) is 10.0 Å². The van der Waals surface area contributed by atoms with Crippen LogP contribution in [0.5, 0.6) is 5.75 Å². The highest BCUT2D eigenvalue weighted by Gasteiger charge is 2.23. The Morgan fingerprint density at radius 2 is 2.10 bits per heavy atom. The summed E-state index contributed by atoms with van der Waals surface area (Å²) in [6.45, 7) is 0. The quantitative estimate of drug-likeness (QED) is 0.725. The Hall–Kier alpha value is -2.26. The van der Waals surface area contributed by atoms with Crippen LogP contribution >= 0.6 is 11.6 Å². The number of nitrogens with one attached hydrogen (secondary N) is 1. The van der Waals surface area contributed by atoms with Gasteiger partial charge >= 0.3 is 5.97 Å². The largest absolute Gasteiger partial charge is 0.507 e. The summed E-state index contributed by atoms with van der Waals surface area (Å²) in [5, 5.41) is 17.8. The number of hydrogen-bond acceptors (Lipinski definition) is 5. The van der Waals surface area contributed by atoms with Crippen LogP contribution in [-0.2, 0) is 17.1 Å². The maximum atomic E-state index is 12.1. The van der Waals surface area contributed by atoms with Crippen LogP contribution in [-0.4, -0.2) is 34.2 Å². The van der Waals surface area contributed by atoms with Crippen LogP contribution in [0.4, 0.5) is 5.69 Å². The van der Waals surface area contributed by atoms with Crippen molar-refractivity contribution in [1.82, 2.24) is 9.55 Å². The average Bonchev–Trinajstić information content (AvgIpc) is 2.72. The van der Waals surface area contributed by atoms with Crippen LogP contribution in [0, 0.1) is 0 Å². The van der Waals surface area contributed by atoms with E-state index in [1.165, 1.54) is 24.0 Å². The minimum Gasteiger partial charge on any atom is -0.507 e. The number of anilines is 1. The number of aromatic carboxylic acids is 1. The first-order chi connectivity index (χ1) is 9.72. The lowest BCUT2D eigenvalue weighted by Gasteiger charge is -2.08. The number of phenols is 1. The topological polar surface area (TPSA) is 122 Å². The number of aryl methyl sites for hydroxylation is 1. The summed E-state index contributed by atoms with van der Waals surface area (Å²) in [5.74, 6) is -1.86. The summed E-state index contributed by atoms with van der Waals surface area (Å²) >= 11 is 5.81. The molecule has 1 aromatic carbocycles. The fraction of sp³-hybridized carbons (Fsp3) is 0.0909. The number of aromatic hydroxyl groups is 1. The summed E-state index contributed by atoms with van der Waals surface area (Å²) < 4.78 is 27.7. The van der Waals surface area contributed by atoms with E-state index < -0.39 is 27.3 Å². The molecule has 0 aliphatic rings. The van der Waals surface area contributed by atoms with Gasteiger partial charge in [0, 0.05) is 12.7 Å². The molecule has 2 rings (SSSR count). The Labute approximate surface area is 124 Å². The molecule has 0 bridgehead atoms. The van der Waals surface area contributed by atoms with Crippen molar-refractivity contribution in [2.24, 2.45) is 7.05 Å². The number of carbonyl (C=O) groups is 1. The number of halogens is 1. The van der Waals surface area contributed by atoms with E-state index >= 15 is 0 Å². The molecule has 10 heteroatoms. The second-order valence-corrected chi connectivity index (χ2v) is 6.05. The standard InChI is InChI=1S/C11H10ClN3O5S/c1-15-5-13-10(9(15)12)21(19,20)14-6-2-3-8(16)7(4-6)11(17)18/h2-5,14,16H,1H3,(H,17,18). The van der Waals surface area contributed by atoms with Gasteiger partial charge in [0.15, 0.2) is 0 Å². The van der Waals surface area contributed by atoms with Crippen LogP contribution in [0.2, 0.25) is 5.15 Å². The normalized spacial score (nSPS) is 11.3. The fourth-order valence-electron chi connectivity index (χ4n) is 1.55. The number of sulfonamides is 1. The molecule has 0 aliphatic heterocycles. The van der Waals surface area contributed by atoms with Crippen molar-refractivity contribution in [2.75, 3.05) is 4.72 Å². The molecule has 2 aromatic rings. The first kappa shape index (κ1) is 15.1. The van der Waals surface area contributed by atoms with Gasteiger partial charge in [0.2, 0.25) is 5.03 Å². The van der Waals surface area contributed by atoms with Gasteiger partial charge in [0.05, 0.1) is 6.33 Å². The predicted octanol–water partition coefficient (Wildman–Crippen LogP) is 1.28. The predicted molar refractivity (Wildman–Crippen MR) is 74.1 cm³/mol. The molecule has 8 nitrogen and oxygen atoms in total. The Bertz CT molecular complexity index is 815. The van der Waals surface area contributed by atoms with E-state index in [4.69, 9.17) is 16.7 Å². The Kier molecular flexibility index (Phi) is 3.79. The first-order valence-electron chi connectivity index (χ1n) is 5.48. The van der Waals surface area contributed by atoms with Crippen molar-refractivity contribution in [3.8, 4) is 5.75 Å². The molecule has 21 heavy (non-hydrogen) atoms. The van der Waals surface area contributed by atoms with Crippen LogP contribution < -0.4 is 4.72 Å². The molecule has 0 atom stereocenters. The molecule has 0 fully saturated rings. The van der Waals surface area contributed by atoms with Crippen molar-refractivity contribution in [2.45, 2.75) is 5.03 Å². The van der Waals surface area contributed by atoms with E-state index in [1.807, 2.05) is 0 Å². The van der Waals surface area contributed by atoms with Crippen LogP contribution in [0.25, 0.3) is 0 Å². The SMILES string of the molecule is Cn1cnc(S(=O)(=O)Nc2ccc(O)c(C(=O)O)c2)c1Cl. The molecule has 1 heterocycles. The third kappa shape index (κ3) is 2.93. The highest BCUT2D eigenvalue weighted by Crippen LogP contribution is 2.25. The molecule has 0 aliphatic carbocycles. The molecule has 112 valence electrons. The molecule has 0 unspecified atom stereocenters.